The Morgan fingerprint density at radius 3 is 1.65 bits per heavy atom. The molecule has 3 aromatic carbocycles. The first kappa shape index (κ1) is 13.7. The second kappa shape index (κ2) is 4.41. The van der Waals surface area contributed by atoms with Crippen LogP contribution >= 0.6 is 23.2 Å². The van der Waals surface area contributed by atoms with Crippen LogP contribution in [0.5, 0.6) is 0 Å². The van der Waals surface area contributed by atoms with Crippen molar-refractivity contribution >= 4 is 23.2 Å². The van der Waals surface area contributed by atoms with E-state index in [1.54, 1.807) is 0 Å². The van der Waals surface area contributed by atoms with Crippen LogP contribution in [0.15, 0.2) is 78.9 Å². The summed E-state index contributed by atoms with van der Waals surface area (Å²) < 4.78 is -0.822. The van der Waals surface area contributed by atoms with Gasteiger partial charge in [0, 0.05) is 5.92 Å². The van der Waals surface area contributed by atoms with Crippen molar-refractivity contribution < 1.29 is 0 Å². The minimum absolute atomic E-state index is 0.0735. The molecule has 0 bridgehead atoms. The lowest BCUT2D eigenvalue weighted by molar-refractivity contribution is 0.823. The first-order valence-electron chi connectivity index (χ1n) is 7.81. The van der Waals surface area contributed by atoms with Gasteiger partial charge in [-0.3, -0.25) is 0 Å². The van der Waals surface area contributed by atoms with Gasteiger partial charge in [-0.1, -0.05) is 102 Å². The van der Waals surface area contributed by atoms with E-state index >= 15 is 0 Å². The Hall–Kier alpha value is -1.76. The molecule has 112 valence electrons. The SMILES string of the molecule is ClC1(Cl)C(c2ccccc2)C12c1ccccc1-c1ccccc12. The van der Waals surface area contributed by atoms with E-state index in [9.17, 15) is 0 Å². The molecule has 1 fully saturated rings. The van der Waals surface area contributed by atoms with E-state index in [0.29, 0.717) is 0 Å². The molecular weight excluding hydrogens is 323 g/mol. The van der Waals surface area contributed by atoms with E-state index in [2.05, 4.69) is 72.8 Å². The molecule has 23 heavy (non-hydrogen) atoms. The molecule has 0 aromatic heterocycles. The van der Waals surface area contributed by atoms with Crippen LogP contribution in [0.1, 0.15) is 22.6 Å². The van der Waals surface area contributed by atoms with Gasteiger partial charge in [-0.25, -0.2) is 0 Å². The zero-order chi connectivity index (χ0) is 15.7. The molecule has 0 radical (unpaired) electrons. The fourth-order valence-electron chi connectivity index (χ4n) is 4.45. The number of alkyl halides is 2. The van der Waals surface area contributed by atoms with Gasteiger partial charge in [-0.2, -0.15) is 0 Å². The van der Waals surface area contributed by atoms with Gasteiger partial charge in [-0.15, -0.1) is 0 Å². The Labute approximate surface area is 145 Å². The maximum absolute atomic E-state index is 6.93. The lowest BCUT2D eigenvalue weighted by atomic mass is 9.88. The van der Waals surface area contributed by atoms with E-state index in [1.807, 2.05) is 6.07 Å². The minimum Gasteiger partial charge on any atom is -0.0995 e. The van der Waals surface area contributed by atoms with Gasteiger partial charge in [0.05, 0.1) is 5.41 Å². The minimum atomic E-state index is -0.822. The van der Waals surface area contributed by atoms with Crippen molar-refractivity contribution in [2.24, 2.45) is 0 Å². The first-order chi connectivity index (χ1) is 11.2. The molecule has 1 atom stereocenters. The van der Waals surface area contributed by atoms with Gasteiger partial charge >= 0.3 is 0 Å². The molecule has 0 amide bonds. The molecule has 0 saturated heterocycles. The van der Waals surface area contributed by atoms with Crippen molar-refractivity contribution in [3.63, 3.8) is 0 Å². The molecule has 0 N–H and O–H groups in total. The van der Waals surface area contributed by atoms with E-state index < -0.39 is 4.33 Å². The fraction of sp³-hybridized carbons (Fsp3) is 0.143. The monoisotopic (exact) mass is 336 g/mol. The summed E-state index contributed by atoms with van der Waals surface area (Å²) in [6, 6.07) is 27.4. The first-order valence-corrected chi connectivity index (χ1v) is 8.57. The van der Waals surface area contributed by atoms with Crippen molar-refractivity contribution in [1.82, 2.24) is 0 Å². The van der Waals surface area contributed by atoms with Gasteiger partial charge in [0.25, 0.3) is 0 Å². The standard InChI is InChI=1S/C21H14Cl2/c22-21(23)19(14-8-2-1-3-9-14)20(21)17-12-6-4-10-15(17)16-11-5-7-13-18(16)20/h1-13,19H. The molecule has 1 unspecified atom stereocenters. The third-order valence-corrected chi connectivity index (χ3v) is 6.40. The van der Waals surface area contributed by atoms with Gasteiger partial charge in [0.2, 0.25) is 0 Å². The zero-order valence-electron chi connectivity index (χ0n) is 12.3. The molecule has 0 aliphatic heterocycles. The van der Waals surface area contributed by atoms with Gasteiger partial charge in [-0.05, 0) is 27.8 Å². The highest BCUT2D eigenvalue weighted by atomic mass is 35.5. The largest absolute Gasteiger partial charge is 0.140 e. The molecule has 2 aliphatic rings. The summed E-state index contributed by atoms with van der Waals surface area (Å²) >= 11 is 13.9. The number of benzene rings is 3. The highest BCUT2D eigenvalue weighted by Gasteiger charge is 2.79. The van der Waals surface area contributed by atoms with Crippen LogP contribution in [-0.2, 0) is 5.41 Å². The van der Waals surface area contributed by atoms with Crippen LogP contribution in [0.25, 0.3) is 11.1 Å². The number of fused-ring (bicyclic) bond motifs is 5. The predicted molar refractivity (Wildman–Crippen MR) is 96.3 cm³/mol. The molecule has 0 heterocycles. The van der Waals surface area contributed by atoms with Crippen LogP contribution < -0.4 is 0 Å². The average molecular weight is 337 g/mol. The maximum Gasteiger partial charge on any atom is 0.140 e. The highest BCUT2D eigenvalue weighted by molar-refractivity contribution is 6.54. The second-order valence-corrected chi connectivity index (χ2v) is 7.75. The summed E-state index contributed by atoms with van der Waals surface area (Å²) in [5.41, 5.74) is 5.87. The predicted octanol–water partition coefficient (Wildman–Crippen LogP) is 5.92. The normalized spacial score (nSPS) is 21.7. The van der Waals surface area contributed by atoms with Crippen LogP contribution in [0, 0.1) is 0 Å². The third kappa shape index (κ3) is 1.49. The van der Waals surface area contributed by atoms with Gasteiger partial charge in [0.1, 0.15) is 4.33 Å². The van der Waals surface area contributed by atoms with E-state index in [4.69, 9.17) is 23.2 Å². The highest BCUT2D eigenvalue weighted by Crippen LogP contribution is 2.80. The molecule has 3 aromatic rings. The van der Waals surface area contributed by atoms with E-state index in [-0.39, 0.29) is 11.3 Å². The average Bonchev–Trinajstić information content (AvgIpc) is 2.97. The van der Waals surface area contributed by atoms with Gasteiger partial charge in [0.15, 0.2) is 0 Å². The second-order valence-electron chi connectivity index (χ2n) is 6.37. The summed E-state index contributed by atoms with van der Waals surface area (Å²) in [7, 11) is 0. The Morgan fingerprint density at radius 2 is 1.09 bits per heavy atom. The van der Waals surface area contributed by atoms with Crippen LogP contribution in [0.2, 0.25) is 0 Å². The summed E-state index contributed by atoms with van der Waals surface area (Å²) in [5.74, 6) is 0.0735. The third-order valence-electron chi connectivity index (χ3n) is 5.36. The molecular formula is C21H14Cl2. The number of halogens is 2. The van der Waals surface area contributed by atoms with Crippen molar-refractivity contribution in [3.05, 3.63) is 95.6 Å². The topological polar surface area (TPSA) is 0 Å². The molecule has 2 aliphatic carbocycles. The molecule has 1 saturated carbocycles. The Bertz CT molecular complexity index is 866. The number of hydrogen-bond acceptors (Lipinski definition) is 0. The molecule has 1 spiro atoms. The van der Waals surface area contributed by atoms with Crippen molar-refractivity contribution in [2.75, 3.05) is 0 Å². The van der Waals surface area contributed by atoms with Gasteiger partial charge < -0.3 is 0 Å². The smallest absolute Gasteiger partial charge is 0.0995 e. The fourth-order valence-corrected chi connectivity index (χ4v) is 5.54. The Kier molecular flexibility index (Phi) is 2.62. The van der Waals surface area contributed by atoms with Crippen molar-refractivity contribution in [3.8, 4) is 11.1 Å². The van der Waals surface area contributed by atoms with Crippen LogP contribution in [0.4, 0.5) is 0 Å². The summed E-state index contributed by atoms with van der Waals surface area (Å²) in [4.78, 5) is 0. The van der Waals surface area contributed by atoms with Crippen LogP contribution in [0.3, 0.4) is 0 Å². The van der Waals surface area contributed by atoms with E-state index in [0.717, 1.165) is 0 Å². The zero-order valence-corrected chi connectivity index (χ0v) is 13.9. The number of rotatable bonds is 1. The Morgan fingerprint density at radius 1 is 0.609 bits per heavy atom. The number of hydrogen-bond donors (Lipinski definition) is 0. The lowest BCUT2D eigenvalue weighted by Crippen LogP contribution is -2.13. The summed E-state index contributed by atoms with van der Waals surface area (Å²) in [5, 5.41) is 0. The summed E-state index contributed by atoms with van der Waals surface area (Å²) in [6.45, 7) is 0. The van der Waals surface area contributed by atoms with Crippen molar-refractivity contribution in [1.29, 1.82) is 0 Å². The van der Waals surface area contributed by atoms with Crippen LogP contribution in [-0.4, -0.2) is 4.33 Å². The molecule has 2 heteroatoms. The Balaban J connectivity index is 1.84. The maximum atomic E-state index is 6.93. The molecule has 0 nitrogen and oxygen atoms in total. The summed E-state index contributed by atoms with van der Waals surface area (Å²) in [6.07, 6.45) is 0. The molecule has 5 rings (SSSR count). The quantitative estimate of drug-likeness (QED) is 0.483. The lowest BCUT2D eigenvalue weighted by Gasteiger charge is -2.15. The van der Waals surface area contributed by atoms with E-state index in [1.165, 1.54) is 27.8 Å². The van der Waals surface area contributed by atoms with Crippen molar-refractivity contribution in [2.45, 2.75) is 15.7 Å².